The fourth-order valence-corrected chi connectivity index (χ4v) is 3.54. The van der Waals surface area contributed by atoms with Crippen LogP contribution >= 0.6 is 11.3 Å². The van der Waals surface area contributed by atoms with Crippen molar-refractivity contribution >= 4 is 32.3 Å². The lowest BCUT2D eigenvalue weighted by molar-refractivity contribution is -0.117. The van der Waals surface area contributed by atoms with E-state index in [1.807, 2.05) is 12.1 Å². The number of hydrogen-bond donors (Lipinski definition) is 4. The number of amides is 1. The molecule has 0 saturated heterocycles. The van der Waals surface area contributed by atoms with Gasteiger partial charge < -0.3 is 21.3 Å². The summed E-state index contributed by atoms with van der Waals surface area (Å²) in [6, 6.07) is 10.7. The molecule has 1 aromatic carbocycles. The number of benzene rings is 1. The first-order chi connectivity index (χ1) is 12.1. The quantitative estimate of drug-likeness (QED) is 0.540. The number of thiophene rings is 1. The molecule has 25 heavy (non-hydrogen) atoms. The monoisotopic (exact) mass is 357 g/mol. The second-order valence-electron chi connectivity index (χ2n) is 5.67. The zero-order chi connectivity index (χ0) is 17.8. The summed E-state index contributed by atoms with van der Waals surface area (Å²) in [7, 11) is 0. The van der Waals surface area contributed by atoms with E-state index in [0.717, 1.165) is 20.7 Å². The van der Waals surface area contributed by atoms with Gasteiger partial charge in [0.05, 0.1) is 22.2 Å². The number of aliphatic hydroxyl groups excluding tert-OH is 2. The highest BCUT2D eigenvalue weighted by atomic mass is 32.1. The third kappa shape index (κ3) is 3.85. The Hall–Kier alpha value is -2.32. The van der Waals surface area contributed by atoms with E-state index in [1.165, 1.54) is 11.3 Å². The van der Waals surface area contributed by atoms with E-state index in [9.17, 15) is 9.90 Å². The van der Waals surface area contributed by atoms with Gasteiger partial charge in [-0.25, -0.2) is 0 Å². The third-order valence-corrected chi connectivity index (χ3v) is 5.02. The lowest BCUT2D eigenvalue weighted by Crippen LogP contribution is -2.27. The van der Waals surface area contributed by atoms with Gasteiger partial charge >= 0.3 is 0 Å². The Balaban J connectivity index is 1.76. The molecule has 2 aromatic heterocycles. The fourth-order valence-electron chi connectivity index (χ4n) is 2.60. The van der Waals surface area contributed by atoms with Gasteiger partial charge in [0.25, 0.3) is 0 Å². The molecule has 3 rings (SSSR count). The van der Waals surface area contributed by atoms with Gasteiger partial charge in [0.15, 0.2) is 0 Å². The molecule has 0 aliphatic heterocycles. The SMILES string of the molecule is NCC(C(=O)Nc1cc2ccncc2s1)c1ccc(C(O)CO)cc1. The minimum absolute atomic E-state index is 0.167. The van der Waals surface area contributed by atoms with Gasteiger partial charge in [-0.15, -0.1) is 11.3 Å². The molecule has 0 bridgehead atoms. The highest BCUT2D eigenvalue weighted by molar-refractivity contribution is 7.22. The first-order valence-electron chi connectivity index (χ1n) is 7.85. The van der Waals surface area contributed by atoms with Gasteiger partial charge in [0, 0.05) is 18.9 Å². The molecule has 1 amide bonds. The summed E-state index contributed by atoms with van der Waals surface area (Å²) in [6.07, 6.45) is 2.55. The van der Waals surface area contributed by atoms with Crippen molar-refractivity contribution in [2.45, 2.75) is 12.0 Å². The van der Waals surface area contributed by atoms with Crippen LogP contribution in [0.5, 0.6) is 0 Å². The van der Waals surface area contributed by atoms with Gasteiger partial charge in [-0.1, -0.05) is 24.3 Å². The number of carbonyl (C=O) groups excluding carboxylic acids is 1. The molecule has 2 heterocycles. The van der Waals surface area contributed by atoms with E-state index in [1.54, 1.807) is 36.7 Å². The molecule has 3 aromatic rings. The second-order valence-corrected chi connectivity index (χ2v) is 6.75. The number of nitrogens with zero attached hydrogens (tertiary/aromatic N) is 1. The predicted octanol–water partition coefficient (Wildman–Crippen LogP) is 2.00. The Bertz CT molecular complexity index is 830. The maximum Gasteiger partial charge on any atom is 0.233 e. The fraction of sp³-hybridized carbons (Fsp3) is 0.222. The number of aromatic nitrogens is 1. The Kier molecular flexibility index (Phi) is 5.40. The van der Waals surface area contributed by atoms with Crippen LogP contribution in [-0.2, 0) is 4.79 Å². The molecule has 0 saturated carbocycles. The van der Waals surface area contributed by atoms with Crippen LogP contribution in [0.3, 0.4) is 0 Å². The molecule has 5 N–H and O–H groups in total. The number of carbonyl (C=O) groups is 1. The molecule has 0 aliphatic rings. The predicted molar refractivity (Wildman–Crippen MR) is 98.5 cm³/mol. The molecule has 7 heteroatoms. The van der Waals surface area contributed by atoms with Gasteiger partial charge in [0.1, 0.15) is 6.10 Å². The van der Waals surface area contributed by atoms with E-state index in [0.29, 0.717) is 5.56 Å². The van der Waals surface area contributed by atoms with Crippen molar-refractivity contribution < 1.29 is 15.0 Å². The number of anilines is 1. The van der Waals surface area contributed by atoms with Crippen molar-refractivity contribution in [3.63, 3.8) is 0 Å². The number of nitrogens with one attached hydrogen (secondary N) is 1. The van der Waals surface area contributed by atoms with Gasteiger partial charge in [0.2, 0.25) is 5.91 Å². The summed E-state index contributed by atoms with van der Waals surface area (Å²) < 4.78 is 1.00. The first kappa shape index (κ1) is 17.5. The van der Waals surface area contributed by atoms with Crippen molar-refractivity contribution in [2.24, 2.45) is 5.73 Å². The maximum absolute atomic E-state index is 12.6. The number of nitrogens with two attached hydrogens (primary N) is 1. The van der Waals surface area contributed by atoms with Crippen LogP contribution in [0.4, 0.5) is 5.00 Å². The summed E-state index contributed by atoms with van der Waals surface area (Å²) in [5.74, 6) is -0.680. The van der Waals surface area contributed by atoms with E-state index in [-0.39, 0.29) is 19.1 Å². The van der Waals surface area contributed by atoms with Gasteiger partial charge in [-0.2, -0.15) is 0 Å². The van der Waals surface area contributed by atoms with Gasteiger partial charge in [-0.05, 0) is 28.6 Å². The van der Waals surface area contributed by atoms with Crippen LogP contribution in [-0.4, -0.2) is 34.3 Å². The van der Waals surface area contributed by atoms with Crippen LogP contribution in [0.1, 0.15) is 23.1 Å². The molecule has 0 aliphatic carbocycles. The van der Waals surface area contributed by atoms with Crippen LogP contribution in [0.25, 0.3) is 10.1 Å². The zero-order valence-corrected chi connectivity index (χ0v) is 14.2. The average molecular weight is 357 g/mol. The smallest absolute Gasteiger partial charge is 0.233 e. The van der Waals surface area contributed by atoms with E-state index < -0.39 is 12.0 Å². The van der Waals surface area contributed by atoms with Crippen molar-refractivity contribution in [1.82, 2.24) is 4.98 Å². The van der Waals surface area contributed by atoms with E-state index >= 15 is 0 Å². The number of hydrogen-bond acceptors (Lipinski definition) is 6. The van der Waals surface area contributed by atoms with Crippen LogP contribution < -0.4 is 11.1 Å². The van der Waals surface area contributed by atoms with Crippen LogP contribution in [0.2, 0.25) is 0 Å². The summed E-state index contributed by atoms with van der Waals surface area (Å²) in [6.45, 7) is -0.179. The Morgan fingerprint density at radius 1 is 1.24 bits per heavy atom. The van der Waals surface area contributed by atoms with Crippen molar-refractivity contribution in [3.05, 3.63) is 59.9 Å². The summed E-state index contributed by atoms with van der Waals surface area (Å²) >= 11 is 1.46. The summed E-state index contributed by atoms with van der Waals surface area (Å²) in [5.41, 5.74) is 7.16. The van der Waals surface area contributed by atoms with Crippen LogP contribution in [0.15, 0.2) is 48.8 Å². The number of pyridine rings is 1. The highest BCUT2D eigenvalue weighted by Crippen LogP contribution is 2.30. The van der Waals surface area contributed by atoms with E-state index in [2.05, 4.69) is 10.3 Å². The molecule has 0 fully saturated rings. The minimum Gasteiger partial charge on any atom is -0.393 e. The first-order valence-corrected chi connectivity index (χ1v) is 8.67. The third-order valence-electron chi connectivity index (χ3n) is 4.02. The maximum atomic E-state index is 12.6. The number of aliphatic hydroxyl groups is 2. The Labute approximate surface area is 148 Å². The Morgan fingerprint density at radius 3 is 2.60 bits per heavy atom. The lowest BCUT2D eigenvalue weighted by Gasteiger charge is -2.16. The standard InChI is InChI=1S/C18H19N3O3S/c19-8-14(11-1-3-12(4-2-11)15(23)10-22)18(24)21-17-7-13-5-6-20-9-16(13)25-17/h1-7,9,14-15,22-23H,8,10,19H2,(H,21,24). The van der Waals surface area contributed by atoms with Crippen molar-refractivity contribution in [1.29, 1.82) is 0 Å². The highest BCUT2D eigenvalue weighted by Gasteiger charge is 2.20. The van der Waals surface area contributed by atoms with Crippen molar-refractivity contribution in [2.75, 3.05) is 18.5 Å². The molecule has 2 atom stereocenters. The van der Waals surface area contributed by atoms with Gasteiger partial charge in [-0.3, -0.25) is 9.78 Å². The second kappa shape index (κ2) is 7.71. The van der Waals surface area contributed by atoms with E-state index in [4.69, 9.17) is 10.8 Å². The molecule has 6 nitrogen and oxygen atoms in total. The average Bonchev–Trinajstić information content (AvgIpc) is 3.04. The normalized spacial score (nSPS) is 13.6. The molecule has 0 radical (unpaired) electrons. The topological polar surface area (TPSA) is 108 Å². The Morgan fingerprint density at radius 2 is 1.96 bits per heavy atom. The largest absolute Gasteiger partial charge is 0.393 e. The molecular formula is C18H19N3O3S. The van der Waals surface area contributed by atoms with Crippen molar-refractivity contribution in [3.8, 4) is 0 Å². The number of fused-ring (bicyclic) bond motifs is 1. The molecular weight excluding hydrogens is 338 g/mol. The zero-order valence-electron chi connectivity index (χ0n) is 13.4. The molecule has 130 valence electrons. The van der Waals surface area contributed by atoms with Crippen LogP contribution in [0, 0.1) is 0 Å². The molecule has 2 unspecified atom stereocenters. The lowest BCUT2D eigenvalue weighted by atomic mass is 9.96. The summed E-state index contributed by atoms with van der Waals surface area (Å²) in [5, 5.41) is 23.3. The number of rotatable bonds is 6. The molecule has 0 spiro atoms. The summed E-state index contributed by atoms with van der Waals surface area (Å²) in [4.78, 5) is 16.7. The minimum atomic E-state index is -0.925.